The minimum absolute atomic E-state index is 0.104. The Labute approximate surface area is 236 Å². The van der Waals surface area contributed by atoms with Gasteiger partial charge >= 0.3 is 0 Å². The zero-order valence-electron chi connectivity index (χ0n) is 22.0. The first-order valence-electron chi connectivity index (χ1n) is 13.1. The maximum absolute atomic E-state index is 14.2. The first-order valence-corrected chi connectivity index (χ1v) is 13.4. The van der Waals surface area contributed by atoms with E-state index in [2.05, 4.69) is 20.4 Å². The van der Waals surface area contributed by atoms with Crippen LogP contribution in [0.15, 0.2) is 77.3 Å². The lowest BCUT2D eigenvalue weighted by Gasteiger charge is -2.36. The van der Waals surface area contributed by atoms with Gasteiger partial charge in [-0.15, -0.1) is 0 Å². The largest absolute Gasteiger partial charge is 0.344 e. The predicted molar refractivity (Wildman–Crippen MR) is 150 cm³/mol. The molecule has 1 aliphatic heterocycles. The molecule has 1 aromatic heterocycles. The summed E-state index contributed by atoms with van der Waals surface area (Å²) in [5.41, 5.74) is 3.08. The van der Waals surface area contributed by atoms with Crippen molar-refractivity contribution in [1.29, 1.82) is 0 Å². The van der Waals surface area contributed by atoms with E-state index in [1.165, 1.54) is 13.0 Å². The Morgan fingerprint density at radius 3 is 2.50 bits per heavy atom. The van der Waals surface area contributed by atoms with Crippen molar-refractivity contribution >= 4 is 23.4 Å². The van der Waals surface area contributed by atoms with Crippen LogP contribution in [0, 0.1) is 5.82 Å². The molecular weight excluding hydrogens is 533 g/mol. The highest BCUT2D eigenvalue weighted by Crippen LogP contribution is 2.25. The third-order valence-electron chi connectivity index (χ3n) is 6.83. The van der Waals surface area contributed by atoms with Crippen LogP contribution in [-0.2, 0) is 22.6 Å². The summed E-state index contributed by atoms with van der Waals surface area (Å²) in [6.45, 7) is 4.42. The molecule has 40 heavy (non-hydrogen) atoms. The molecule has 0 radical (unpaired) electrons. The van der Waals surface area contributed by atoms with Gasteiger partial charge in [0.1, 0.15) is 11.9 Å². The molecule has 1 N–H and O–H groups in total. The van der Waals surface area contributed by atoms with Gasteiger partial charge in [0.15, 0.2) is 0 Å². The average Bonchev–Trinajstić information content (AvgIpc) is 3.45. The summed E-state index contributed by atoms with van der Waals surface area (Å²) in [5.74, 6) is -0.0243. The third-order valence-corrected chi connectivity index (χ3v) is 7.07. The number of hydrogen-bond acceptors (Lipinski definition) is 6. The van der Waals surface area contributed by atoms with Gasteiger partial charge in [0.05, 0.1) is 0 Å². The van der Waals surface area contributed by atoms with Crippen LogP contribution in [-0.4, -0.2) is 64.0 Å². The molecule has 2 amide bonds. The Kier molecular flexibility index (Phi) is 8.52. The first-order chi connectivity index (χ1) is 19.4. The van der Waals surface area contributed by atoms with Gasteiger partial charge in [0.2, 0.25) is 17.6 Å². The lowest BCUT2D eigenvalue weighted by Crippen LogP contribution is -2.55. The topological polar surface area (TPSA) is 91.6 Å². The zero-order chi connectivity index (χ0) is 28.1. The summed E-state index contributed by atoms with van der Waals surface area (Å²) in [6.07, 6.45) is 0.104. The van der Waals surface area contributed by atoms with E-state index >= 15 is 0 Å². The lowest BCUT2D eigenvalue weighted by atomic mass is 10.0. The zero-order valence-corrected chi connectivity index (χ0v) is 22.8. The minimum Gasteiger partial charge on any atom is -0.344 e. The fourth-order valence-corrected chi connectivity index (χ4v) is 5.01. The smallest absolute Gasteiger partial charge is 0.258 e. The number of carbonyl (C=O) groups excluding carboxylic acids is 2. The van der Waals surface area contributed by atoms with Crippen molar-refractivity contribution in [2.24, 2.45) is 0 Å². The lowest BCUT2D eigenvalue weighted by molar-refractivity contribution is -0.137. The standard InChI is InChI=1S/C30H29ClFN5O3/c1-20(38)33-27(18-22-7-2-3-11-26(22)32)30(39)37-14-12-36(13-15-37)19-21-6-4-8-23(16-21)28-34-29(40-35-28)24-9-5-10-25(31)17-24/h2-11,16-17,27H,12-15,18-19H2,1H3,(H,33,38). The van der Waals surface area contributed by atoms with Crippen LogP contribution in [0.1, 0.15) is 18.1 Å². The number of halogens is 2. The summed E-state index contributed by atoms with van der Waals surface area (Å²) in [4.78, 5) is 33.6. The highest BCUT2D eigenvalue weighted by molar-refractivity contribution is 6.30. The van der Waals surface area contributed by atoms with Gasteiger partial charge in [-0.05, 0) is 41.5 Å². The molecular formula is C30H29ClFN5O3. The van der Waals surface area contributed by atoms with E-state index in [1.54, 1.807) is 35.2 Å². The summed E-state index contributed by atoms with van der Waals surface area (Å²) in [6, 6.07) is 20.7. The van der Waals surface area contributed by atoms with Gasteiger partial charge in [-0.2, -0.15) is 4.98 Å². The number of aromatic nitrogens is 2. The van der Waals surface area contributed by atoms with E-state index in [1.807, 2.05) is 36.4 Å². The van der Waals surface area contributed by atoms with Gasteiger partial charge in [-0.1, -0.05) is 59.2 Å². The van der Waals surface area contributed by atoms with Crippen LogP contribution in [0.5, 0.6) is 0 Å². The molecule has 1 saturated heterocycles. The summed E-state index contributed by atoms with van der Waals surface area (Å²) in [7, 11) is 0. The predicted octanol–water partition coefficient (Wildman–Crippen LogP) is 4.59. The molecule has 0 aliphatic carbocycles. The molecule has 4 aromatic rings. The number of nitrogens with one attached hydrogen (secondary N) is 1. The van der Waals surface area contributed by atoms with E-state index in [4.69, 9.17) is 16.1 Å². The van der Waals surface area contributed by atoms with Crippen molar-refractivity contribution in [1.82, 2.24) is 25.3 Å². The monoisotopic (exact) mass is 561 g/mol. The third kappa shape index (κ3) is 6.73. The van der Waals surface area contributed by atoms with Gasteiger partial charge in [0.25, 0.3) is 5.89 Å². The Bertz CT molecular complexity index is 1500. The van der Waals surface area contributed by atoms with Crippen LogP contribution in [0.4, 0.5) is 4.39 Å². The first kappa shape index (κ1) is 27.5. The molecule has 206 valence electrons. The molecule has 0 saturated carbocycles. The second-order valence-corrected chi connectivity index (χ2v) is 10.2. The van der Waals surface area contributed by atoms with Crippen molar-refractivity contribution in [3.8, 4) is 22.8 Å². The van der Waals surface area contributed by atoms with Crippen molar-refractivity contribution in [2.75, 3.05) is 26.2 Å². The van der Waals surface area contributed by atoms with Crippen LogP contribution >= 0.6 is 11.6 Å². The number of benzene rings is 3. The minimum atomic E-state index is -0.815. The fourth-order valence-electron chi connectivity index (χ4n) is 4.82. The SMILES string of the molecule is CC(=O)NC(Cc1ccccc1F)C(=O)N1CCN(Cc2cccc(-c3noc(-c4cccc(Cl)c4)n3)c2)CC1. The van der Waals surface area contributed by atoms with E-state index in [0.29, 0.717) is 55.0 Å². The van der Waals surface area contributed by atoms with Crippen molar-refractivity contribution in [2.45, 2.75) is 25.9 Å². The molecule has 5 rings (SSSR count). The van der Waals surface area contributed by atoms with Crippen LogP contribution in [0.3, 0.4) is 0 Å². The fraction of sp³-hybridized carbons (Fsp3) is 0.267. The average molecular weight is 562 g/mol. The van der Waals surface area contributed by atoms with E-state index in [0.717, 1.165) is 16.7 Å². The van der Waals surface area contributed by atoms with Crippen LogP contribution < -0.4 is 5.32 Å². The van der Waals surface area contributed by atoms with E-state index in [-0.39, 0.29) is 24.1 Å². The Morgan fingerprint density at radius 1 is 1.00 bits per heavy atom. The second kappa shape index (κ2) is 12.4. The maximum Gasteiger partial charge on any atom is 0.258 e. The quantitative estimate of drug-likeness (QED) is 0.338. The number of piperazine rings is 1. The molecule has 3 aromatic carbocycles. The van der Waals surface area contributed by atoms with Crippen molar-refractivity contribution in [3.63, 3.8) is 0 Å². The van der Waals surface area contributed by atoms with E-state index < -0.39 is 6.04 Å². The Morgan fingerprint density at radius 2 is 1.75 bits per heavy atom. The molecule has 1 atom stereocenters. The molecule has 10 heteroatoms. The Balaban J connectivity index is 1.20. The number of nitrogens with zero attached hydrogens (tertiary/aromatic N) is 4. The summed E-state index contributed by atoms with van der Waals surface area (Å²) < 4.78 is 19.7. The summed E-state index contributed by atoms with van der Waals surface area (Å²) in [5, 5.41) is 7.44. The maximum atomic E-state index is 14.2. The highest BCUT2D eigenvalue weighted by Gasteiger charge is 2.29. The molecule has 1 aliphatic rings. The molecule has 0 bridgehead atoms. The molecule has 1 unspecified atom stereocenters. The molecule has 1 fully saturated rings. The van der Waals surface area contributed by atoms with Crippen LogP contribution in [0.25, 0.3) is 22.8 Å². The Hall–Kier alpha value is -4.08. The van der Waals surface area contributed by atoms with Gasteiger partial charge in [0, 0.05) is 62.2 Å². The molecule has 8 nitrogen and oxygen atoms in total. The highest BCUT2D eigenvalue weighted by atomic mass is 35.5. The summed E-state index contributed by atoms with van der Waals surface area (Å²) >= 11 is 6.09. The van der Waals surface area contributed by atoms with Crippen LogP contribution in [0.2, 0.25) is 5.02 Å². The number of rotatable bonds is 8. The number of amides is 2. The molecule has 0 spiro atoms. The van der Waals surface area contributed by atoms with Crippen molar-refractivity contribution in [3.05, 3.63) is 94.8 Å². The van der Waals surface area contributed by atoms with Gasteiger partial charge in [-0.3, -0.25) is 14.5 Å². The normalized spacial score (nSPS) is 14.6. The van der Waals surface area contributed by atoms with Gasteiger partial charge < -0.3 is 14.7 Å². The van der Waals surface area contributed by atoms with Gasteiger partial charge in [-0.25, -0.2) is 4.39 Å². The van der Waals surface area contributed by atoms with Crippen molar-refractivity contribution < 1.29 is 18.5 Å². The second-order valence-electron chi connectivity index (χ2n) is 9.78. The number of hydrogen-bond donors (Lipinski definition) is 1. The number of carbonyl (C=O) groups is 2. The molecule has 2 heterocycles. The van der Waals surface area contributed by atoms with E-state index in [9.17, 15) is 14.0 Å².